The molecular formula is C22H25FN6O2. The summed E-state index contributed by atoms with van der Waals surface area (Å²) in [6, 6.07) is 3.13. The SMILES string of the molecule is CC(=O)N1CCC[C@H](c2cnc(NCc3c(F)ccc4c3CCO4)n3cnnc23)CC1. The number of nitrogens with one attached hydrogen (secondary N) is 1. The van der Waals surface area contributed by atoms with Crippen molar-refractivity contribution in [2.45, 2.75) is 45.1 Å². The second kappa shape index (κ2) is 8.13. The molecule has 0 saturated carbocycles. The number of likely N-dealkylation sites (tertiary alicyclic amines) is 1. The normalized spacial score (nSPS) is 18.5. The van der Waals surface area contributed by atoms with E-state index in [4.69, 9.17) is 4.74 Å². The molecule has 2 aromatic heterocycles. The molecular weight excluding hydrogens is 399 g/mol. The molecule has 2 aliphatic rings. The van der Waals surface area contributed by atoms with E-state index in [1.54, 1.807) is 19.3 Å². The summed E-state index contributed by atoms with van der Waals surface area (Å²) in [5.41, 5.74) is 3.31. The van der Waals surface area contributed by atoms with Crippen LogP contribution in [0.5, 0.6) is 5.75 Å². The van der Waals surface area contributed by atoms with Gasteiger partial charge >= 0.3 is 0 Å². The van der Waals surface area contributed by atoms with Gasteiger partial charge in [0, 0.05) is 55.9 Å². The zero-order valence-electron chi connectivity index (χ0n) is 17.5. The lowest BCUT2D eigenvalue weighted by atomic mass is 9.94. The van der Waals surface area contributed by atoms with Crippen LogP contribution in [0.15, 0.2) is 24.7 Å². The maximum absolute atomic E-state index is 14.5. The number of anilines is 1. The number of halogens is 1. The van der Waals surface area contributed by atoms with E-state index in [0.29, 0.717) is 31.1 Å². The van der Waals surface area contributed by atoms with E-state index in [-0.39, 0.29) is 17.6 Å². The maximum atomic E-state index is 14.5. The van der Waals surface area contributed by atoms with Crippen LogP contribution in [0.2, 0.25) is 0 Å². The van der Waals surface area contributed by atoms with E-state index >= 15 is 0 Å². The number of aromatic nitrogens is 4. The van der Waals surface area contributed by atoms with Crippen molar-refractivity contribution >= 4 is 17.5 Å². The number of benzene rings is 1. The average molecular weight is 424 g/mol. The number of hydrogen-bond donors (Lipinski definition) is 1. The van der Waals surface area contributed by atoms with Crippen LogP contribution < -0.4 is 10.1 Å². The Bertz CT molecular complexity index is 1130. The summed E-state index contributed by atoms with van der Waals surface area (Å²) < 4.78 is 21.8. The van der Waals surface area contributed by atoms with E-state index < -0.39 is 0 Å². The molecule has 0 radical (unpaired) electrons. The molecule has 0 unspecified atom stereocenters. The first-order valence-electron chi connectivity index (χ1n) is 10.7. The van der Waals surface area contributed by atoms with Gasteiger partial charge in [-0.1, -0.05) is 0 Å². The molecule has 0 aliphatic carbocycles. The van der Waals surface area contributed by atoms with Crippen molar-refractivity contribution in [1.82, 2.24) is 24.5 Å². The Morgan fingerprint density at radius 2 is 2.23 bits per heavy atom. The van der Waals surface area contributed by atoms with Crippen molar-refractivity contribution in [3.8, 4) is 5.75 Å². The highest BCUT2D eigenvalue weighted by atomic mass is 19.1. The van der Waals surface area contributed by atoms with Gasteiger partial charge in [0.15, 0.2) is 5.65 Å². The second-order valence-electron chi connectivity index (χ2n) is 8.15. The fourth-order valence-corrected chi connectivity index (χ4v) is 4.65. The molecule has 2 aliphatic heterocycles. The first-order chi connectivity index (χ1) is 15.1. The van der Waals surface area contributed by atoms with Gasteiger partial charge in [0.05, 0.1) is 6.61 Å². The van der Waals surface area contributed by atoms with Gasteiger partial charge in [0.25, 0.3) is 0 Å². The van der Waals surface area contributed by atoms with E-state index in [9.17, 15) is 9.18 Å². The Morgan fingerprint density at radius 1 is 1.32 bits per heavy atom. The number of nitrogens with zero attached hydrogens (tertiary/aromatic N) is 5. The highest BCUT2D eigenvalue weighted by Crippen LogP contribution is 2.32. The van der Waals surface area contributed by atoms with Gasteiger partial charge in [-0.2, -0.15) is 0 Å². The average Bonchev–Trinajstić information content (AvgIpc) is 3.37. The molecule has 9 heteroatoms. The van der Waals surface area contributed by atoms with Crippen molar-refractivity contribution in [3.63, 3.8) is 0 Å². The molecule has 1 fully saturated rings. The summed E-state index contributed by atoms with van der Waals surface area (Å²) >= 11 is 0. The summed E-state index contributed by atoms with van der Waals surface area (Å²) in [4.78, 5) is 18.3. The molecule has 0 spiro atoms. The third kappa shape index (κ3) is 3.68. The molecule has 162 valence electrons. The Morgan fingerprint density at radius 3 is 3.10 bits per heavy atom. The van der Waals surface area contributed by atoms with E-state index in [0.717, 1.165) is 54.9 Å². The van der Waals surface area contributed by atoms with Gasteiger partial charge in [-0.15, -0.1) is 10.2 Å². The molecule has 1 atom stereocenters. The van der Waals surface area contributed by atoms with Gasteiger partial charge in [-0.25, -0.2) is 9.37 Å². The standard InChI is InChI=1S/C22H25FN6O2/c1-14(30)28-8-2-3-15(6-9-28)17-11-24-22(29-13-26-27-21(17)29)25-12-18-16-7-10-31-20(16)5-4-19(18)23/h4-5,11,13,15H,2-3,6-10,12H2,1H3,(H,24,25)/t15-/m0/s1. The summed E-state index contributed by atoms with van der Waals surface area (Å²) in [6.07, 6.45) is 6.97. The monoisotopic (exact) mass is 424 g/mol. The summed E-state index contributed by atoms with van der Waals surface area (Å²) in [6.45, 7) is 4.03. The molecule has 3 aromatic rings. The Hall–Kier alpha value is -3.23. The summed E-state index contributed by atoms with van der Waals surface area (Å²) in [7, 11) is 0. The van der Waals surface area contributed by atoms with Crippen LogP contribution in [0, 0.1) is 5.82 Å². The highest BCUT2D eigenvalue weighted by Gasteiger charge is 2.24. The largest absolute Gasteiger partial charge is 0.493 e. The first-order valence-corrected chi connectivity index (χ1v) is 10.7. The summed E-state index contributed by atoms with van der Waals surface area (Å²) in [5, 5.41) is 11.7. The van der Waals surface area contributed by atoms with Crippen molar-refractivity contribution < 1.29 is 13.9 Å². The van der Waals surface area contributed by atoms with Crippen LogP contribution in [0.1, 0.15) is 48.8 Å². The van der Waals surface area contributed by atoms with E-state index in [2.05, 4.69) is 20.5 Å². The first kappa shape index (κ1) is 19.7. The second-order valence-corrected chi connectivity index (χ2v) is 8.15. The fraction of sp³-hybridized carbons (Fsp3) is 0.455. The molecule has 4 heterocycles. The van der Waals surface area contributed by atoms with Gasteiger partial charge in [-0.3, -0.25) is 9.20 Å². The van der Waals surface area contributed by atoms with Crippen LogP contribution in [-0.4, -0.2) is 50.1 Å². The molecule has 5 rings (SSSR count). The number of rotatable bonds is 4. The number of amides is 1. The van der Waals surface area contributed by atoms with Crippen molar-refractivity contribution in [1.29, 1.82) is 0 Å². The van der Waals surface area contributed by atoms with Gasteiger partial charge < -0.3 is 15.0 Å². The van der Waals surface area contributed by atoms with Crippen LogP contribution in [-0.2, 0) is 17.8 Å². The quantitative estimate of drug-likeness (QED) is 0.693. The van der Waals surface area contributed by atoms with Crippen LogP contribution >= 0.6 is 0 Å². The lowest BCUT2D eigenvalue weighted by Gasteiger charge is -2.19. The Balaban J connectivity index is 1.39. The predicted molar refractivity (Wildman–Crippen MR) is 113 cm³/mol. The van der Waals surface area contributed by atoms with Crippen molar-refractivity contribution in [2.75, 3.05) is 25.0 Å². The number of carbonyl (C=O) groups excluding carboxylic acids is 1. The van der Waals surface area contributed by atoms with Gasteiger partial charge in [0.2, 0.25) is 11.9 Å². The lowest BCUT2D eigenvalue weighted by Crippen LogP contribution is -2.29. The van der Waals surface area contributed by atoms with E-state index in [1.807, 2.05) is 15.5 Å². The van der Waals surface area contributed by atoms with Crippen LogP contribution in [0.4, 0.5) is 10.3 Å². The van der Waals surface area contributed by atoms with Crippen molar-refractivity contribution in [2.24, 2.45) is 0 Å². The topological polar surface area (TPSA) is 84.7 Å². The third-order valence-corrected chi connectivity index (χ3v) is 6.34. The van der Waals surface area contributed by atoms with E-state index in [1.165, 1.54) is 6.07 Å². The minimum absolute atomic E-state index is 0.121. The third-order valence-electron chi connectivity index (χ3n) is 6.34. The molecule has 1 saturated heterocycles. The molecule has 8 nitrogen and oxygen atoms in total. The smallest absolute Gasteiger partial charge is 0.219 e. The lowest BCUT2D eigenvalue weighted by molar-refractivity contribution is -0.128. The van der Waals surface area contributed by atoms with Crippen LogP contribution in [0.3, 0.4) is 0 Å². The van der Waals surface area contributed by atoms with Gasteiger partial charge in [-0.05, 0) is 37.3 Å². The molecule has 1 aromatic carbocycles. The number of hydrogen-bond acceptors (Lipinski definition) is 6. The molecule has 1 N–H and O–H groups in total. The Kier molecular flexibility index (Phi) is 5.17. The molecule has 31 heavy (non-hydrogen) atoms. The van der Waals surface area contributed by atoms with Crippen molar-refractivity contribution in [3.05, 3.63) is 47.2 Å². The fourth-order valence-electron chi connectivity index (χ4n) is 4.65. The predicted octanol–water partition coefficient (Wildman–Crippen LogP) is 2.93. The maximum Gasteiger partial charge on any atom is 0.219 e. The van der Waals surface area contributed by atoms with Gasteiger partial charge in [0.1, 0.15) is 17.9 Å². The highest BCUT2D eigenvalue weighted by molar-refractivity contribution is 5.73. The number of ether oxygens (including phenoxy) is 1. The van der Waals surface area contributed by atoms with Crippen LogP contribution in [0.25, 0.3) is 5.65 Å². The zero-order chi connectivity index (χ0) is 21.4. The Labute approximate surface area is 179 Å². The summed E-state index contributed by atoms with van der Waals surface area (Å²) in [5.74, 6) is 1.46. The minimum atomic E-state index is -0.248. The minimum Gasteiger partial charge on any atom is -0.493 e. The number of carbonyl (C=O) groups is 1. The molecule has 1 amide bonds. The zero-order valence-corrected chi connectivity index (χ0v) is 17.5. The molecule has 0 bridgehead atoms. The number of fused-ring (bicyclic) bond motifs is 2.